The highest BCUT2D eigenvalue weighted by molar-refractivity contribution is 7.20. The lowest BCUT2D eigenvalue weighted by Crippen LogP contribution is -2.76. The maximum Gasteiger partial charge on any atom is 0.269 e. The summed E-state index contributed by atoms with van der Waals surface area (Å²) in [6.07, 6.45) is 4.70. The molecule has 11 aromatic carbocycles. The van der Waals surface area contributed by atoms with Gasteiger partial charge in [0.1, 0.15) is 17.3 Å². The predicted octanol–water partition coefficient (Wildman–Crippen LogP) is 17.9. The Kier molecular flexibility index (Phi) is 8.29. The molecule has 0 spiro atoms. The van der Waals surface area contributed by atoms with E-state index in [1.807, 2.05) is 71.9 Å². The maximum atomic E-state index is 10.3. The van der Waals surface area contributed by atoms with Crippen LogP contribution in [-0.4, -0.2) is 22.2 Å². The number of pyridine rings is 1. The molecule has 0 fully saturated rings. The van der Waals surface area contributed by atoms with Crippen molar-refractivity contribution >= 4 is 61.7 Å². The predicted molar refractivity (Wildman–Crippen MR) is 374 cm³/mol. The minimum Gasteiger partial charge on any atom is -0.458 e. The van der Waals surface area contributed by atoms with Crippen LogP contribution < -0.4 is 30.1 Å². The molecule has 5 nitrogen and oxygen atoms in total. The topological polar surface area (TPSA) is 35.9 Å². The van der Waals surface area contributed by atoms with Crippen LogP contribution in [0.25, 0.3) is 83.4 Å². The Bertz CT molecular complexity index is 6290. The third-order valence-corrected chi connectivity index (χ3v) is 20.3. The van der Waals surface area contributed by atoms with Gasteiger partial charge in [-0.25, -0.2) is 4.98 Å². The van der Waals surface area contributed by atoms with Gasteiger partial charge in [-0.15, -0.1) is 0 Å². The lowest BCUT2D eigenvalue weighted by molar-refractivity contribution is -0.570. The summed E-state index contributed by atoms with van der Waals surface area (Å²) in [5, 5.41) is -1.22. The standard InChI is InChI=1S/C83H72N4OSi/c1-56-27-24-28-57(2)80(56)61-43-46-75-77(49-61)85(64-33-26-34-65(52-64)88-66-44-45-71-70-41-22-23-42-74(70)87(76(71)53-66)79-47-58(3)73(54-84-79)59-29-14-10-15-30-59)55-86(75)81-72(60-31-25-32-62(48-60)82(4,5)6)50-63(83(7,8)9)51-78(81)89(67-35-16-11-17-36-67,68-37-18-12-19-38-68)69-39-20-13-21-40-69/h10-54H,1-9H3/i1D3,2D3,3D3,10D,11D,12D,13D,14D,15D,16D,17D,18D,19D,20D,21D,29D,30D,35D,36D,37D,38D,39D,40D. The Hall–Kier alpha value is -10.1. The molecule has 0 amide bonds. The molecule has 3 aromatic heterocycles. The second kappa shape index (κ2) is 22.5. The summed E-state index contributed by atoms with van der Waals surface area (Å²) in [7, 11) is -6.15. The minimum atomic E-state index is -6.15. The SMILES string of the molecule is [2H]c1c([2H])c([2H])c(-c2cnc(-n3c4ccccc4c4ccc(Oc5cccc(-n6[c-][n+](-c7c(-c8cccc(C(C)(C)C)c8)cc(C(C)(C)C)cc7[Si](c7c([2H])c([2H])c([2H])c([2H])c7[2H])(c7c([2H])c([2H])c([2H])c([2H])c7[2H])c7c([2H])c([2H])c([2H])c([2H])c7[2H])c7ccc(-c8c(C([2H])([2H])[2H])cccc8C([2H])([2H])[2H])cc76)c5)cc43)cc2C([2H])([2H])[2H])c([2H])c1[2H]. The van der Waals surface area contributed by atoms with Crippen LogP contribution in [0.15, 0.2) is 273 Å². The molecule has 6 heteroatoms. The third-order valence-electron chi connectivity index (χ3n) is 16.1. The van der Waals surface area contributed by atoms with Crippen molar-refractivity contribution in [1.29, 1.82) is 0 Å². The molecule has 0 aliphatic rings. The molecule has 0 saturated carbocycles. The van der Waals surface area contributed by atoms with Gasteiger partial charge < -0.3 is 4.74 Å². The van der Waals surface area contributed by atoms with E-state index in [0.29, 0.717) is 32.9 Å². The van der Waals surface area contributed by atoms with Gasteiger partial charge in [0.15, 0.2) is 8.07 Å². The number of nitrogens with zero attached hydrogens (tertiary/aromatic N) is 4. The number of rotatable bonds is 12. The van der Waals surface area contributed by atoms with Crippen LogP contribution in [0.4, 0.5) is 0 Å². The minimum absolute atomic E-state index is 0.0491. The molecule has 3 heterocycles. The van der Waals surface area contributed by atoms with Crippen LogP contribution in [0.2, 0.25) is 0 Å². The van der Waals surface area contributed by atoms with E-state index >= 15 is 0 Å². The Morgan fingerprint density at radius 3 is 1.76 bits per heavy atom. The lowest BCUT2D eigenvalue weighted by Gasteiger charge is -2.38. The molecular weight excluding hydrogens is 1100 g/mol. The monoisotopic (exact) mass is 1200 g/mol. The summed E-state index contributed by atoms with van der Waals surface area (Å²) < 4.78 is 280. The number of para-hydroxylation sites is 1. The van der Waals surface area contributed by atoms with E-state index < -0.39 is 176 Å². The summed E-state index contributed by atoms with van der Waals surface area (Å²) in [5.41, 5.74) is -0.385. The zero-order valence-electron chi connectivity index (χ0n) is 78.1. The van der Waals surface area contributed by atoms with Gasteiger partial charge in [0.2, 0.25) is 0 Å². The second-order valence-corrected chi connectivity index (χ2v) is 27.2. The molecule has 0 bridgehead atoms. The van der Waals surface area contributed by atoms with E-state index in [0.717, 1.165) is 11.8 Å². The van der Waals surface area contributed by atoms with Crippen LogP contribution in [0.5, 0.6) is 11.5 Å². The first-order valence-corrected chi connectivity index (χ1v) is 30.6. The van der Waals surface area contributed by atoms with Crippen molar-refractivity contribution in [1.82, 2.24) is 14.1 Å². The number of hydrogen-bond donors (Lipinski definition) is 0. The number of aromatic nitrogens is 4. The van der Waals surface area contributed by atoms with Gasteiger partial charge in [0.25, 0.3) is 6.33 Å². The average molecular weight is 1200 g/mol. The summed E-state index contributed by atoms with van der Waals surface area (Å²) >= 11 is 0. The van der Waals surface area contributed by atoms with Crippen LogP contribution in [0, 0.1) is 26.9 Å². The van der Waals surface area contributed by atoms with E-state index in [-0.39, 0.29) is 89.4 Å². The molecular formula is C83H72N4OSi. The van der Waals surface area contributed by atoms with Crippen LogP contribution >= 0.6 is 0 Å². The van der Waals surface area contributed by atoms with Gasteiger partial charge in [-0.1, -0.05) is 253 Å². The zero-order valence-corrected chi connectivity index (χ0v) is 50.1. The van der Waals surface area contributed by atoms with Gasteiger partial charge in [-0.3, -0.25) is 13.7 Å². The first-order chi connectivity index (χ1) is 55.0. The van der Waals surface area contributed by atoms with Gasteiger partial charge in [0, 0.05) is 40.9 Å². The van der Waals surface area contributed by atoms with Crippen LogP contribution in [0.3, 0.4) is 0 Å². The number of benzene rings is 11. The summed E-state index contributed by atoms with van der Waals surface area (Å²) in [6.45, 7) is 2.61. The van der Waals surface area contributed by atoms with Crippen molar-refractivity contribution in [2.24, 2.45) is 0 Å². The third kappa shape index (κ3) is 10.2. The number of ether oxygens (including phenoxy) is 1. The highest BCUT2D eigenvalue weighted by Crippen LogP contribution is 2.39. The molecule has 0 atom stereocenters. The van der Waals surface area contributed by atoms with Crippen LogP contribution in [-0.2, 0) is 10.8 Å². The molecule has 14 aromatic rings. The smallest absolute Gasteiger partial charge is 0.269 e. The van der Waals surface area contributed by atoms with Crippen molar-refractivity contribution in [3.63, 3.8) is 0 Å². The largest absolute Gasteiger partial charge is 0.458 e. The Labute approximate surface area is 565 Å². The number of imidazole rings is 1. The van der Waals surface area contributed by atoms with Gasteiger partial charge in [-0.2, -0.15) is 0 Å². The average Bonchev–Trinajstić information content (AvgIpc) is 0.811. The summed E-state index contributed by atoms with van der Waals surface area (Å²) in [6, 6.07) is 21.1. The van der Waals surface area contributed by atoms with Crippen molar-refractivity contribution in [2.75, 3.05) is 0 Å². The summed E-state index contributed by atoms with van der Waals surface area (Å²) in [5.74, 6) is 0.391. The number of fused-ring (bicyclic) bond motifs is 4. The first kappa shape index (κ1) is 32.7. The molecule has 434 valence electrons. The van der Waals surface area contributed by atoms with E-state index in [2.05, 4.69) is 6.33 Å². The molecule has 14 rings (SSSR count). The van der Waals surface area contributed by atoms with Gasteiger partial charge in [0.05, 0.1) is 60.9 Å². The van der Waals surface area contributed by atoms with Crippen molar-refractivity contribution in [3.8, 4) is 62.1 Å². The van der Waals surface area contributed by atoms with Crippen molar-refractivity contribution < 1.29 is 49.1 Å². The molecule has 89 heavy (non-hydrogen) atoms. The van der Waals surface area contributed by atoms with E-state index in [9.17, 15) is 16.4 Å². The quantitative estimate of drug-likeness (QED) is 0.0529. The normalized spacial score (nSPS) is 17.2. The van der Waals surface area contributed by atoms with E-state index in [4.69, 9.17) is 33.0 Å². The molecule has 0 aliphatic heterocycles. The fraction of sp³-hybridized carbons (Fsp3) is 0.133. The molecule has 0 saturated heterocycles. The summed E-state index contributed by atoms with van der Waals surface area (Å²) in [4.78, 5) is 4.73. The molecule has 0 radical (unpaired) electrons. The molecule has 0 N–H and O–H groups in total. The van der Waals surface area contributed by atoms with E-state index in [1.54, 1.807) is 77.4 Å². The van der Waals surface area contributed by atoms with Gasteiger partial charge in [-0.05, 0) is 156 Å². The lowest BCUT2D eigenvalue weighted by atomic mass is 9.83. The van der Waals surface area contributed by atoms with Crippen molar-refractivity contribution in [2.45, 2.75) is 72.9 Å². The zero-order chi connectivity index (χ0) is 86.1. The highest BCUT2D eigenvalue weighted by Gasteiger charge is 2.45. The first-order valence-electron chi connectivity index (χ1n) is 43.1. The highest BCUT2D eigenvalue weighted by atomic mass is 28.3. The Morgan fingerprint density at radius 1 is 0.483 bits per heavy atom. The fourth-order valence-corrected chi connectivity index (χ4v) is 15.8. The van der Waals surface area contributed by atoms with E-state index in [1.165, 1.54) is 51.6 Å². The number of hydrogen-bond acceptors (Lipinski definition) is 2. The Balaban J connectivity index is 1.13. The molecule has 0 aliphatic carbocycles. The maximum absolute atomic E-state index is 10.3. The second-order valence-electron chi connectivity index (χ2n) is 23.7. The van der Waals surface area contributed by atoms with Gasteiger partial charge >= 0.3 is 0 Å². The number of aryl methyl sites for hydroxylation is 3. The molecule has 0 unspecified atom stereocenters. The Morgan fingerprint density at radius 2 is 1.10 bits per heavy atom. The van der Waals surface area contributed by atoms with Crippen LogP contribution in [0.1, 0.15) is 109 Å². The fourth-order valence-electron chi connectivity index (χ4n) is 11.8. The van der Waals surface area contributed by atoms with Crippen molar-refractivity contribution in [3.05, 3.63) is 307 Å².